The van der Waals surface area contributed by atoms with Crippen molar-refractivity contribution in [2.24, 2.45) is 0 Å². The second-order valence-electron chi connectivity index (χ2n) is 2.89. The van der Waals surface area contributed by atoms with Crippen molar-refractivity contribution in [2.75, 3.05) is 0 Å². The average Bonchev–Trinajstić information content (AvgIpc) is 1.91. The number of hydrogen-bond donors (Lipinski definition) is 5. The van der Waals surface area contributed by atoms with Gasteiger partial charge >= 0.3 is 0 Å². The van der Waals surface area contributed by atoms with E-state index < -0.39 is 49.9 Å². The van der Waals surface area contributed by atoms with Crippen molar-refractivity contribution in [1.29, 1.82) is 0 Å². The van der Waals surface area contributed by atoms with Crippen molar-refractivity contribution in [2.45, 2.75) is 9.41 Å². The van der Waals surface area contributed by atoms with E-state index >= 15 is 0 Å². The molecule has 0 aliphatic heterocycles. The van der Waals surface area contributed by atoms with Gasteiger partial charge in [0, 0.05) is 0 Å². The molecule has 0 aromatic heterocycles. The minimum Gasteiger partial charge on any atom is -0.283 e. The lowest BCUT2D eigenvalue weighted by molar-refractivity contribution is 0.426. The molecule has 116 valence electrons. The molecule has 13 nitrogen and oxygen atoms in total. The summed E-state index contributed by atoms with van der Waals surface area (Å²) >= 11 is 0. The molecule has 0 aromatic carbocycles. The first-order valence-corrected chi connectivity index (χ1v) is 9.60. The van der Waals surface area contributed by atoms with Crippen LogP contribution in [0, 0.1) is 0 Å². The van der Waals surface area contributed by atoms with Gasteiger partial charge in [0.15, 0.2) is 0 Å². The molecule has 0 aliphatic rings. The Labute approximate surface area is 107 Å². The maximum Gasteiger partial charge on any atom is 0.298 e. The van der Waals surface area contributed by atoms with Gasteiger partial charge in [0.05, 0.1) is 0 Å². The Kier molecular flexibility index (Phi) is 5.07. The summed E-state index contributed by atoms with van der Waals surface area (Å²) in [6.45, 7) is 0. The van der Waals surface area contributed by atoms with E-state index in [4.69, 9.17) is 18.2 Å². The monoisotopic (exact) mass is 365 g/mol. The third-order valence-electron chi connectivity index (χ3n) is 1.35. The van der Waals surface area contributed by atoms with Crippen LogP contribution in [0.15, 0.2) is 0 Å². The highest BCUT2D eigenvalue weighted by Crippen LogP contribution is 2.10. The fraction of sp³-hybridized carbons (Fsp3) is 1.00. The van der Waals surface area contributed by atoms with E-state index in [-0.39, 0.29) is 0 Å². The van der Waals surface area contributed by atoms with E-state index in [1.165, 1.54) is 0 Å². The highest BCUT2D eigenvalue weighted by molar-refractivity contribution is 8.05. The van der Waals surface area contributed by atoms with Gasteiger partial charge in [0.1, 0.15) is 0 Å². The molecule has 19 heavy (non-hydrogen) atoms. The van der Waals surface area contributed by atoms with E-state index in [0.717, 1.165) is 0 Å². The van der Waals surface area contributed by atoms with Crippen molar-refractivity contribution < 1.29 is 51.9 Å². The van der Waals surface area contributed by atoms with Crippen molar-refractivity contribution >= 4 is 40.5 Å². The van der Waals surface area contributed by atoms with Crippen LogP contribution in [0.2, 0.25) is 0 Å². The summed E-state index contributed by atoms with van der Waals surface area (Å²) < 4.78 is 111. The van der Waals surface area contributed by atoms with Crippen LogP contribution in [-0.4, -0.2) is 61.3 Å². The van der Waals surface area contributed by atoms with Crippen LogP contribution in [0.3, 0.4) is 0 Å². The van der Waals surface area contributed by atoms with Crippen LogP contribution >= 0.6 is 0 Å². The van der Waals surface area contributed by atoms with Gasteiger partial charge in [0.25, 0.3) is 49.9 Å². The Morgan fingerprint density at radius 2 is 0.684 bits per heavy atom. The Morgan fingerprint density at radius 3 is 0.789 bits per heavy atom. The molecule has 0 unspecified atom stereocenters. The zero-order valence-corrected chi connectivity index (χ0v) is 11.6. The molecule has 0 amide bonds. The molecule has 0 rings (SSSR count). The molecule has 0 aliphatic carbocycles. The van der Waals surface area contributed by atoms with Crippen LogP contribution in [0.4, 0.5) is 0 Å². The van der Waals surface area contributed by atoms with Crippen LogP contribution in [-0.2, 0) is 40.5 Å². The van der Waals surface area contributed by atoms with Crippen LogP contribution in [0.25, 0.3) is 0 Å². The van der Waals surface area contributed by atoms with Crippen molar-refractivity contribution in [3.05, 3.63) is 0 Å². The lowest BCUT2D eigenvalue weighted by Gasteiger charge is -2.17. The highest BCUT2D eigenvalue weighted by Gasteiger charge is 2.45. The van der Waals surface area contributed by atoms with Crippen molar-refractivity contribution in [3.8, 4) is 0 Å². The number of nitrogens with one attached hydrogen (secondary N) is 1. The summed E-state index contributed by atoms with van der Waals surface area (Å²) in [7, 11) is -23.0. The smallest absolute Gasteiger partial charge is 0.283 e. The molecule has 0 heterocycles. The molecule has 5 N–H and O–H groups in total. The van der Waals surface area contributed by atoms with E-state index in [1.54, 1.807) is 0 Å². The lowest BCUT2D eigenvalue weighted by atomic mass is 11.2. The van der Waals surface area contributed by atoms with Crippen molar-refractivity contribution in [1.82, 2.24) is 5.32 Å². The van der Waals surface area contributed by atoms with Gasteiger partial charge in [0.2, 0.25) is 0 Å². The second-order valence-corrected chi connectivity index (χ2v) is 9.49. The third-order valence-corrected chi connectivity index (χ3v) is 6.98. The molecule has 0 aromatic rings. The molecule has 0 bridgehead atoms. The Hall–Kier alpha value is -0.400. The zero-order chi connectivity index (χ0) is 15.9. The zero-order valence-electron chi connectivity index (χ0n) is 8.34. The third kappa shape index (κ3) is 5.62. The molecule has 0 saturated carbocycles. The topological polar surface area (TPSA) is 230 Å². The van der Waals surface area contributed by atoms with E-state index in [9.17, 15) is 33.7 Å². The Balaban J connectivity index is 5.98. The molecule has 0 fully saturated rings. The van der Waals surface area contributed by atoms with Crippen LogP contribution in [0.5, 0.6) is 0 Å². The number of hydrogen-bond acceptors (Lipinski definition) is 9. The molecular weight excluding hydrogens is 358 g/mol. The molecule has 0 radical (unpaired) electrons. The molecule has 0 spiro atoms. The first-order chi connectivity index (χ1) is 7.97. The maximum atomic E-state index is 10.6. The molecule has 0 saturated heterocycles. The predicted molar refractivity (Wildman–Crippen MR) is 56.9 cm³/mol. The van der Waals surface area contributed by atoms with Gasteiger partial charge in [-0.25, -0.2) is 0 Å². The standard InChI is InChI=1S/C2H7NO12S4/c4-16(5,6)1(17(7,8)9)3-2(18(10,11)12)19(13,14)15/h1-3H,(H,4,5,6)(H,7,8,9)(H,10,11,12)(H,13,14,15). The highest BCUT2D eigenvalue weighted by atomic mass is 32.3. The normalized spacial score (nSPS) is 15.1. The Morgan fingerprint density at radius 1 is 0.526 bits per heavy atom. The Bertz CT molecular complexity index is 607. The van der Waals surface area contributed by atoms with E-state index in [2.05, 4.69) is 0 Å². The SMILES string of the molecule is O=S(=O)(O)C(NC(S(=O)(=O)O)S(=O)(=O)O)S(=O)(=O)O. The van der Waals surface area contributed by atoms with E-state index in [1.807, 2.05) is 0 Å². The van der Waals surface area contributed by atoms with Crippen LogP contribution in [0.1, 0.15) is 0 Å². The summed E-state index contributed by atoms with van der Waals surface area (Å²) in [5.74, 6) is 0. The van der Waals surface area contributed by atoms with Gasteiger partial charge < -0.3 is 0 Å². The van der Waals surface area contributed by atoms with Crippen LogP contribution < -0.4 is 5.32 Å². The van der Waals surface area contributed by atoms with E-state index in [0.29, 0.717) is 5.32 Å². The first-order valence-electron chi connectivity index (χ1n) is 3.58. The van der Waals surface area contributed by atoms with Gasteiger partial charge in [-0.05, 0) is 0 Å². The molecule has 0 atom stereocenters. The van der Waals surface area contributed by atoms with Gasteiger partial charge in [-0.3, -0.25) is 23.5 Å². The minimum atomic E-state index is -5.74. The predicted octanol–water partition coefficient (Wildman–Crippen LogP) is -3.31. The van der Waals surface area contributed by atoms with Gasteiger partial charge in [-0.15, -0.1) is 0 Å². The lowest BCUT2D eigenvalue weighted by Crippen LogP contribution is -2.53. The average molecular weight is 365 g/mol. The summed E-state index contributed by atoms with van der Waals surface area (Å²) in [5.41, 5.74) is 0. The maximum absolute atomic E-state index is 10.6. The molecule has 17 heteroatoms. The molecular formula is C2H7NO12S4. The van der Waals surface area contributed by atoms with Gasteiger partial charge in [-0.2, -0.15) is 33.7 Å². The number of rotatable bonds is 6. The summed E-state index contributed by atoms with van der Waals surface area (Å²) in [5, 5.41) is 0.662. The quantitative estimate of drug-likeness (QED) is 0.291. The fourth-order valence-corrected chi connectivity index (χ4v) is 4.80. The largest absolute Gasteiger partial charge is 0.298 e. The fourth-order valence-electron chi connectivity index (χ4n) is 0.762. The second kappa shape index (κ2) is 5.18. The van der Waals surface area contributed by atoms with Gasteiger partial charge in [-0.1, -0.05) is 0 Å². The minimum absolute atomic E-state index is 0.662. The summed E-state index contributed by atoms with van der Waals surface area (Å²) in [6.07, 6.45) is 0. The first kappa shape index (κ1) is 18.6. The van der Waals surface area contributed by atoms with Crippen molar-refractivity contribution in [3.63, 3.8) is 0 Å². The summed E-state index contributed by atoms with van der Waals surface area (Å²) in [6, 6.07) is 0. The summed E-state index contributed by atoms with van der Waals surface area (Å²) in [4.78, 5) is 0.